The highest BCUT2D eigenvalue weighted by Gasteiger charge is 2.29. The Kier molecular flexibility index (Phi) is 4.73. The number of hydrogen-bond donors (Lipinski definition) is 1. The standard InChI is InChI=1S/C17H9F6NO3/c1-26-8-3-2-7-10(11(8)18)6(5-24-7)4-9(25)27-17-15(22)13(20)12(19)14(21)16(17)23/h2-3,5,24H,4H2,1H3. The van der Waals surface area contributed by atoms with Crippen molar-refractivity contribution in [2.45, 2.75) is 6.42 Å². The summed E-state index contributed by atoms with van der Waals surface area (Å²) in [7, 11) is 1.23. The van der Waals surface area contributed by atoms with Crippen molar-refractivity contribution in [2.75, 3.05) is 7.11 Å². The summed E-state index contributed by atoms with van der Waals surface area (Å²) in [6.07, 6.45) is 0.538. The van der Waals surface area contributed by atoms with Crippen LogP contribution in [0.3, 0.4) is 0 Å². The zero-order valence-electron chi connectivity index (χ0n) is 13.4. The highest BCUT2D eigenvalue weighted by molar-refractivity contribution is 5.89. The van der Waals surface area contributed by atoms with Crippen LogP contribution in [0.4, 0.5) is 26.3 Å². The Hall–Kier alpha value is -3.17. The van der Waals surface area contributed by atoms with Crippen LogP contribution >= 0.6 is 0 Å². The maximum Gasteiger partial charge on any atom is 0.315 e. The number of hydrogen-bond acceptors (Lipinski definition) is 3. The van der Waals surface area contributed by atoms with Gasteiger partial charge in [0, 0.05) is 17.1 Å². The molecule has 1 aromatic heterocycles. The quantitative estimate of drug-likeness (QED) is 0.240. The van der Waals surface area contributed by atoms with Gasteiger partial charge in [-0.1, -0.05) is 0 Å². The fourth-order valence-electron chi connectivity index (χ4n) is 2.51. The molecule has 0 spiro atoms. The largest absolute Gasteiger partial charge is 0.494 e. The van der Waals surface area contributed by atoms with E-state index in [1.807, 2.05) is 0 Å². The molecule has 3 aromatic rings. The van der Waals surface area contributed by atoms with Crippen LogP contribution in [-0.2, 0) is 11.2 Å². The number of benzene rings is 2. The molecule has 1 N–H and O–H groups in total. The van der Waals surface area contributed by atoms with Crippen LogP contribution in [0, 0.1) is 34.9 Å². The van der Waals surface area contributed by atoms with Gasteiger partial charge in [-0.2, -0.15) is 8.78 Å². The number of carbonyl (C=O) groups excluding carboxylic acids is 1. The maximum absolute atomic E-state index is 14.4. The topological polar surface area (TPSA) is 51.3 Å². The third kappa shape index (κ3) is 3.07. The molecule has 0 aliphatic rings. The first-order chi connectivity index (χ1) is 12.8. The summed E-state index contributed by atoms with van der Waals surface area (Å²) in [5, 5.41) is -0.0382. The summed E-state index contributed by atoms with van der Waals surface area (Å²) in [5.74, 6) is -15.4. The van der Waals surface area contributed by atoms with E-state index in [9.17, 15) is 31.1 Å². The number of rotatable bonds is 4. The molecular formula is C17H9F6NO3. The normalized spacial score (nSPS) is 11.1. The molecule has 0 aliphatic heterocycles. The van der Waals surface area contributed by atoms with E-state index in [1.54, 1.807) is 0 Å². The van der Waals surface area contributed by atoms with Crippen molar-refractivity contribution in [1.82, 2.24) is 4.98 Å². The van der Waals surface area contributed by atoms with Gasteiger partial charge in [-0.05, 0) is 17.7 Å². The zero-order valence-corrected chi connectivity index (χ0v) is 13.4. The molecule has 0 atom stereocenters. The van der Waals surface area contributed by atoms with Crippen LogP contribution in [0.2, 0.25) is 0 Å². The second-order valence-corrected chi connectivity index (χ2v) is 5.37. The Bertz CT molecular complexity index is 1030. The highest BCUT2D eigenvalue weighted by Crippen LogP contribution is 2.31. The summed E-state index contributed by atoms with van der Waals surface area (Å²) in [6, 6.07) is 2.81. The maximum atomic E-state index is 14.4. The monoisotopic (exact) mass is 389 g/mol. The lowest BCUT2D eigenvalue weighted by molar-refractivity contribution is -0.134. The molecule has 0 saturated carbocycles. The fourth-order valence-corrected chi connectivity index (χ4v) is 2.51. The number of halogens is 6. The predicted octanol–water partition coefficient (Wildman–Crippen LogP) is 4.16. The number of esters is 1. The number of ether oxygens (including phenoxy) is 2. The Morgan fingerprint density at radius 3 is 2.11 bits per heavy atom. The predicted molar refractivity (Wildman–Crippen MR) is 80.4 cm³/mol. The number of aromatic nitrogens is 1. The number of H-pyrrole nitrogens is 1. The van der Waals surface area contributed by atoms with Crippen LogP contribution in [0.1, 0.15) is 5.56 Å². The molecule has 27 heavy (non-hydrogen) atoms. The molecule has 10 heteroatoms. The van der Waals surface area contributed by atoms with Gasteiger partial charge in [0.2, 0.25) is 34.8 Å². The minimum atomic E-state index is -2.38. The van der Waals surface area contributed by atoms with Crippen molar-refractivity contribution < 1.29 is 40.6 Å². The highest BCUT2D eigenvalue weighted by atomic mass is 19.2. The Balaban J connectivity index is 1.93. The van der Waals surface area contributed by atoms with Gasteiger partial charge in [-0.3, -0.25) is 4.79 Å². The number of nitrogens with one attached hydrogen (secondary N) is 1. The van der Waals surface area contributed by atoms with Crippen LogP contribution in [0.25, 0.3) is 10.9 Å². The summed E-state index contributed by atoms with van der Waals surface area (Å²) in [4.78, 5) is 14.6. The lowest BCUT2D eigenvalue weighted by Gasteiger charge is -2.09. The molecule has 0 saturated heterocycles. The smallest absolute Gasteiger partial charge is 0.315 e. The molecule has 2 aromatic carbocycles. The van der Waals surface area contributed by atoms with Gasteiger partial charge in [-0.15, -0.1) is 0 Å². The van der Waals surface area contributed by atoms with Gasteiger partial charge >= 0.3 is 5.97 Å². The Labute approximate surface area is 147 Å². The number of fused-ring (bicyclic) bond motifs is 1. The van der Waals surface area contributed by atoms with Crippen LogP contribution in [0.5, 0.6) is 11.5 Å². The zero-order chi connectivity index (χ0) is 19.9. The minimum absolute atomic E-state index is 0.0373. The van der Waals surface area contributed by atoms with E-state index in [-0.39, 0.29) is 16.7 Å². The average Bonchev–Trinajstić information content (AvgIpc) is 3.06. The summed E-state index contributed by atoms with van der Waals surface area (Å²) >= 11 is 0. The van der Waals surface area contributed by atoms with Gasteiger partial charge in [0.15, 0.2) is 11.6 Å². The molecule has 1 heterocycles. The van der Waals surface area contributed by atoms with Crippen molar-refractivity contribution in [2.24, 2.45) is 0 Å². The molecule has 0 radical (unpaired) electrons. The van der Waals surface area contributed by atoms with Gasteiger partial charge in [-0.25, -0.2) is 17.6 Å². The first-order valence-electron chi connectivity index (χ1n) is 7.30. The third-order valence-corrected chi connectivity index (χ3v) is 3.77. The molecule has 0 amide bonds. The van der Waals surface area contributed by atoms with Crippen molar-refractivity contribution in [3.63, 3.8) is 0 Å². The van der Waals surface area contributed by atoms with Gasteiger partial charge in [0.25, 0.3) is 0 Å². The van der Waals surface area contributed by atoms with Crippen molar-refractivity contribution >= 4 is 16.9 Å². The van der Waals surface area contributed by atoms with Gasteiger partial charge < -0.3 is 14.5 Å². The number of methoxy groups -OCH3 is 1. The van der Waals surface area contributed by atoms with Crippen LogP contribution < -0.4 is 9.47 Å². The summed E-state index contributed by atoms with van der Waals surface area (Å²) < 4.78 is 90.0. The first-order valence-corrected chi connectivity index (χ1v) is 7.30. The van der Waals surface area contributed by atoms with E-state index in [4.69, 9.17) is 4.74 Å². The van der Waals surface area contributed by atoms with E-state index in [2.05, 4.69) is 9.72 Å². The molecule has 142 valence electrons. The first kappa shape index (κ1) is 18.6. The van der Waals surface area contributed by atoms with E-state index in [0.717, 1.165) is 0 Å². The van der Waals surface area contributed by atoms with Gasteiger partial charge in [0.1, 0.15) is 0 Å². The van der Waals surface area contributed by atoms with E-state index in [1.165, 1.54) is 25.4 Å². The molecular weight excluding hydrogens is 380 g/mol. The molecule has 0 unspecified atom stereocenters. The SMILES string of the molecule is COc1ccc2[nH]cc(CC(=O)Oc3c(F)c(F)c(F)c(F)c3F)c2c1F. The second-order valence-electron chi connectivity index (χ2n) is 5.37. The molecule has 0 aliphatic carbocycles. The second kappa shape index (κ2) is 6.86. The lowest BCUT2D eigenvalue weighted by atomic mass is 10.1. The summed E-state index contributed by atoms with van der Waals surface area (Å²) in [6.45, 7) is 0. The molecule has 3 rings (SSSR count). The third-order valence-electron chi connectivity index (χ3n) is 3.77. The Morgan fingerprint density at radius 2 is 1.52 bits per heavy atom. The number of aromatic amines is 1. The Morgan fingerprint density at radius 1 is 0.926 bits per heavy atom. The number of carbonyl (C=O) groups is 1. The van der Waals surface area contributed by atoms with Crippen LogP contribution in [-0.4, -0.2) is 18.1 Å². The average molecular weight is 389 g/mol. The van der Waals surface area contributed by atoms with E-state index >= 15 is 0 Å². The van der Waals surface area contributed by atoms with Crippen molar-refractivity contribution in [1.29, 1.82) is 0 Å². The van der Waals surface area contributed by atoms with Crippen molar-refractivity contribution in [3.05, 3.63) is 58.8 Å². The molecule has 0 bridgehead atoms. The van der Waals surface area contributed by atoms with Crippen LogP contribution in [0.15, 0.2) is 18.3 Å². The fraction of sp³-hybridized carbons (Fsp3) is 0.118. The molecule has 4 nitrogen and oxygen atoms in total. The van der Waals surface area contributed by atoms with E-state index in [0.29, 0.717) is 5.52 Å². The van der Waals surface area contributed by atoms with Crippen molar-refractivity contribution in [3.8, 4) is 11.5 Å². The lowest BCUT2D eigenvalue weighted by Crippen LogP contribution is -2.15. The summed E-state index contributed by atoms with van der Waals surface area (Å²) in [5.41, 5.74) is 0.336. The molecule has 0 fully saturated rings. The minimum Gasteiger partial charge on any atom is -0.494 e. The van der Waals surface area contributed by atoms with Gasteiger partial charge in [0.05, 0.1) is 13.5 Å². The van der Waals surface area contributed by atoms with E-state index < -0.39 is 53.0 Å².